The molecule has 1 unspecified atom stereocenters. The highest BCUT2D eigenvalue weighted by atomic mass is 35.5. The normalized spacial score (nSPS) is 18.2. The standard InChI is InChI=1S/C18H20ClFN6O2S/c1-2-29(27,28)26-5-3-4-12(10-26)24-18-15(20)9-23-17(25-18)14-8-22-16-13(14)6-11(19)7-21-16/h6-9,12H,2-5,10H2,1H3,(H,21,22)(H,23,24,25). The predicted molar refractivity (Wildman–Crippen MR) is 110 cm³/mol. The first-order valence-electron chi connectivity index (χ1n) is 9.27. The molecule has 1 saturated heterocycles. The fourth-order valence-electron chi connectivity index (χ4n) is 3.45. The van der Waals surface area contributed by atoms with Crippen LogP contribution in [0.5, 0.6) is 0 Å². The maximum atomic E-state index is 14.4. The van der Waals surface area contributed by atoms with E-state index in [2.05, 4.69) is 25.3 Å². The maximum absolute atomic E-state index is 14.4. The molecule has 4 heterocycles. The Hall–Kier alpha value is -2.30. The molecule has 0 spiro atoms. The zero-order valence-corrected chi connectivity index (χ0v) is 17.3. The van der Waals surface area contributed by atoms with Gasteiger partial charge in [0.05, 0.1) is 17.0 Å². The molecule has 4 rings (SSSR count). The average molecular weight is 439 g/mol. The molecule has 1 aliphatic rings. The average Bonchev–Trinajstić information content (AvgIpc) is 3.13. The van der Waals surface area contributed by atoms with Gasteiger partial charge in [-0.25, -0.2) is 27.8 Å². The molecule has 0 bridgehead atoms. The number of nitrogens with zero attached hydrogens (tertiary/aromatic N) is 4. The molecule has 1 aliphatic heterocycles. The van der Waals surface area contributed by atoms with Crippen LogP contribution < -0.4 is 5.32 Å². The molecule has 0 aliphatic carbocycles. The number of H-pyrrole nitrogens is 1. The van der Waals surface area contributed by atoms with Crippen molar-refractivity contribution < 1.29 is 12.8 Å². The quantitative estimate of drug-likeness (QED) is 0.634. The van der Waals surface area contributed by atoms with E-state index in [-0.39, 0.29) is 24.2 Å². The first-order valence-corrected chi connectivity index (χ1v) is 11.3. The van der Waals surface area contributed by atoms with E-state index in [4.69, 9.17) is 11.6 Å². The molecular weight excluding hydrogens is 419 g/mol. The lowest BCUT2D eigenvalue weighted by molar-refractivity contribution is 0.326. The van der Waals surface area contributed by atoms with E-state index in [0.29, 0.717) is 35.0 Å². The van der Waals surface area contributed by atoms with Gasteiger partial charge < -0.3 is 10.3 Å². The van der Waals surface area contributed by atoms with Crippen molar-refractivity contribution in [3.63, 3.8) is 0 Å². The van der Waals surface area contributed by atoms with Crippen molar-refractivity contribution in [1.82, 2.24) is 24.2 Å². The summed E-state index contributed by atoms with van der Waals surface area (Å²) in [5, 5.41) is 4.25. The van der Waals surface area contributed by atoms with E-state index < -0.39 is 15.8 Å². The first-order chi connectivity index (χ1) is 13.9. The van der Waals surface area contributed by atoms with E-state index in [0.717, 1.165) is 18.0 Å². The van der Waals surface area contributed by atoms with Crippen LogP contribution in [0, 0.1) is 5.82 Å². The maximum Gasteiger partial charge on any atom is 0.213 e. The number of pyridine rings is 1. The number of anilines is 1. The second-order valence-corrected chi connectivity index (χ2v) is 9.58. The second kappa shape index (κ2) is 7.85. The molecular formula is C18H20ClFN6O2S. The van der Waals surface area contributed by atoms with Gasteiger partial charge >= 0.3 is 0 Å². The Kier molecular flexibility index (Phi) is 5.41. The Morgan fingerprint density at radius 3 is 3.00 bits per heavy atom. The van der Waals surface area contributed by atoms with Crippen LogP contribution in [0.3, 0.4) is 0 Å². The number of sulfonamides is 1. The minimum absolute atomic E-state index is 0.0417. The first kappa shape index (κ1) is 20.0. The molecule has 0 saturated carbocycles. The minimum Gasteiger partial charge on any atom is -0.363 e. The summed E-state index contributed by atoms with van der Waals surface area (Å²) in [6.07, 6.45) is 5.75. The van der Waals surface area contributed by atoms with Crippen LogP contribution in [0.15, 0.2) is 24.7 Å². The van der Waals surface area contributed by atoms with Crippen molar-refractivity contribution in [1.29, 1.82) is 0 Å². The fraction of sp³-hybridized carbons (Fsp3) is 0.389. The van der Waals surface area contributed by atoms with Gasteiger partial charge in [-0.3, -0.25) is 0 Å². The second-order valence-electron chi connectivity index (χ2n) is 6.88. The molecule has 1 atom stereocenters. The summed E-state index contributed by atoms with van der Waals surface area (Å²) in [6.45, 7) is 2.38. The number of rotatable bonds is 5. The van der Waals surface area contributed by atoms with E-state index >= 15 is 0 Å². The van der Waals surface area contributed by atoms with Gasteiger partial charge in [-0.15, -0.1) is 0 Å². The van der Waals surface area contributed by atoms with Crippen molar-refractivity contribution in [2.75, 3.05) is 24.2 Å². The number of fused-ring (bicyclic) bond motifs is 1. The molecule has 8 nitrogen and oxygen atoms in total. The minimum atomic E-state index is -3.29. The Bertz CT molecular complexity index is 1150. The third kappa shape index (κ3) is 4.05. The zero-order valence-electron chi connectivity index (χ0n) is 15.7. The Morgan fingerprint density at radius 2 is 2.21 bits per heavy atom. The molecule has 1 fully saturated rings. The number of aromatic nitrogens is 4. The summed E-state index contributed by atoms with van der Waals surface area (Å²) in [5.41, 5.74) is 1.27. The Balaban J connectivity index is 1.61. The molecule has 0 aromatic carbocycles. The molecule has 11 heteroatoms. The van der Waals surface area contributed by atoms with E-state index in [1.165, 1.54) is 10.5 Å². The third-order valence-corrected chi connectivity index (χ3v) is 7.02. The molecule has 2 N–H and O–H groups in total. The summed E-state index contributed by atoms with van der Waals surface area (Å²) in [7, 11) is -3.29. The van der Waals surface area contributed by atoms with Crippen LogP contribution in [0.25, 0.3) is 22.4 Å². The third-order valence-electron chi connectivity index (χ3n) is 4.97. The number of hydrogen-bond donors (Lipinski definition) is 2. The summed E-state index contributed by atoms with van der Waals surface area (Å²) in [4.78, 5) is 15.7. The lowest BCUT2D eigenvalue weighted by Gasteiger charge is -2.32. The topological polar surface area (TPSA) is 104 Å². The van der Waals surface area contributed by atoms with Gasteiger partial charge in [0.1, 0.15) is 5.65 Å². The van der Waals surface area contributed by atoms with Crippen molar-refractivity contribution in [2.24, 2.45) is 0 Å². The summed E-state index contributed by atoms with van der Waals surface area (Å²) >= 11 is 6.04. The van der Waals surface area contributed by atoms with Crippen LogP contribution in [-0.2, 0) is 10.0 Å². The highest BCUT2D eigenvalue weighted by molar-refractivity contribution is 7.89. The molecule has 3 aromatic rings. The van der Waals surface area contributed by atoms with Crippen LogP contribution in [-0.4, -0.2) is 57.5 Å². The summed E-state index contributed by atoms with van der Waals surface area (Å²) in [5.74, 6) is -0.193. The zero-order chi connectivity index (χ0) is 20.6. The predicted octanol–water partition coefficient (Wildman–Crippen LogP) is 3.04. The number of aromatic amines is 1. The summed E-state index contributed by atoms with van der Waals surface area (Å²) in [6, 6.07) is 1.51. The number of piperidine rings is 1. The molecule has 3 aromatic heterocycles. The van der Waals surface area contributed by atoms with Crippen LogP contribution >= 0.6 is 11.6 Å². The number of nitrogens with one attached hydrogen (secondary N) is 2. The van der Waals surface area contributed by atoms with E-state index in [9.17, 15) is 12.8 Å². The van der Waals surface area contributed by atoms with E-state index in [1.54, 1.807) is 19.2 Å². The SMILES string of the molecule is CCS(=O)(=O)N1CCCC(Nc2nc(-c3c[nH]c4ncc(Cl)cc34)ncc2F)C1. The van der Waals surface area contributed by atoms with Crippen molar-refractivity contribution >= 4 is 38.5 Å². The monoisotopic (exact) mass is 438 g/mol. The van der Waals surface area contributed by atoms with Crippen LogP contribution in [0.2, 0.25) is 5.02 Å². The van der Waals surface area contributed by atoms with Gasteiger partial charge in [0.25, 0.3) is 0 Å². The van der Waals surface area contributed by atoms with Gasteiger partial charge in [-0.1, -0.05) is 11.6 Å². The molecule has 154 valence electrons. The van der Waals surface area contributed by atoms with Crippen LogP contribution in [0.1, 0.15) is 19.8 Å². The van der Waals surface area contributed by atoms with Gasteiger partial charge in [-0.2, -0.15) is 4.31 Å². The largest absolute Gasteiger partial charge is 0.363 e. The summed E-state index contributed by atoms with van der Waals surface area (Å²) < 4.78 is 40.1. The fourth-order valence-corrected chi connectivity index (χ4v) is 4.79. The van der Waals surface area contributed by atoms with Crippen molar-refractivity contribution in [3.8, 4) is 11.4 Å². The Morgan fingerprint density at radius 1 is 1.38 bits per heavy atom. The van der Waals surface area contributed by atoms with Crippen molar-refractivity contribution in [3.05, 3.63) is 35.5 Å². The van der Waals surface area contributed by atoms with Gasteiger partial charge in [0.2, 0.25) is 10.0 Å². The van der Waals surface area contributed by atoms with Crippen LogP contribution in [0.4, 0.5) is 10.2 Å². The molecule has 0 amide bonds. The van der Waals surface area contributed by atoms with Gasteiger partial charge in [0, 0.05) is 42.5 Å². The van der Waals surface area contributed by atoms with Gasteiger partial charge in [0.15, 0.2) is 17.5 Å². The molecule has 29 heavy (non-hydrogen) atoms. The van der Waals surface area contributed by atoms with E-state index in [1.807, 2.05) is 0 Å². The molecule has 0 radical (unpaired) electrons. The van der Waals surface area contributed by atoms with Crippen molar-refractivity contribution in [2.45, 2.75) is 25.8 Å². The number of halogens is 2. The Labute approximate surface area is 172 Å². The highest BCUT2D eigenvalue weighted by Gasteiger charge is 2.28. The highest BCUT2D eigenvalue weighted by Crippen LogP contribution is 2.28. The lowest BCUT2D eigenvalue weighted by atomic mass is 10.1. The lowest BCUT2D eigenvalue weighted by Crippen LogP contribution is -2.45. The number of hydrogen-bond acceptors (Lipinski definition) is 6. The smallest absolute Gasteiger partial charge is 0.213 e. The van der Waals surface area contributed by atoms with Gasteiger partial charge in [-0.05, 0) is 25.8 Å².